The molecule has 2 N–H and O–H groups in total. The van der Waals surface area contributed by atoms with Crippen molar-refractivity contribution >= 4 is 35.0 Å². The van der Waals surface area contributed by atoms with E-state index in [0.717, 1.165) is 40.5 Å². The van der Waals surface area contributed by atoms with Crippen molar-refractivity contribution in [3.05, 3.63) is 46.2 Å². The average molecular weight is 420 g/mol. The van der Waals surface area contributed by atoms with E-state index in [-0.39, 0.29) is 5.91 Å². The molecule has 2 amide bonds. The lowest BCUT2D eigenvalue weighted by Gasteiger charge is -2.17. The smallest absolute Gasteiger partial charge is 0.261 e. The molecule has 0 aliphatic heterocycles. The van der Waals surface area contributed by atoms with E-state index < -0.39 is 0 Å². The molecule has 0 saturated carbocycles. The Morgan fingerprint density at radius 3 is 2.45 bits per heavy atom. The third-order valence-electron chi connectivity index (χ3n) is 3.94. The van der Waals surface area contributed by atoms with Crippen LogP contribution in [0.15, 0.2) is 36.4 Å². The summed E-state index contributed by atoms with van der Waals surface area (Å²) in [7, 11) is 0. The highest BCUT2D eigenvalue weighted by atomic mass is 32.1. The highest BCUT2D eigenvalue weighted by Gasteiger charge is 2.07. The van der Waals surface area contributed by atoms with Gasteiger partial charge >= 0.3 is 0 Å². The van der Waals surface area contributed by atoms with Crippen LogP contribution >= 0.6 is 11.3 Å². The van der Waals surface area contributed by atoms with Gasteiger partial charge < -0.3 is 20.3 Å². The molecule has 0 bridgehead atoms. The first-order valence-electron chi connectivity index (χ1n) is 10.1. The van der Waals surface area contributed by atoms with Crippen molar-refractivity contribution in [2.45, 2.75) is 34.1 Å². The van der Waals surface area contributed by atoms with Gasteiger partial charge in [-0.3, -0.25) is 9.59 Å². The summed E-state index contributed by atoms with van der Waals surface area (Å²) in [6.45, 7) is 11.0. The molecule has 0 saturated heterocycles. The van der Waals surface area contributed by atoms with Gasteiger partial charge in [-0.1, -0.05) is 13.8 Å². The molecule has 1 aromatic heterocycles. The summed E-state index contributed by atoms with van der Waals surface area (Å²) in [5.41, 5.74) is 1.82. The minimum Gasteiger partial charge on any atom is -0.385 e. The zero-order valence-electron chi connectivity index (χ0n) is 17.9. The SMILES string of the molecule is CC.CCOCCN(C=O)c1ccc(NCCCNC(=O)c2ccc(C)s2)cc1. The van der Waals surface area contributed by atoms with Crippen LogP contribution in [0.2, 0.25) is 0 Å². The van der Waals surface area contributed by atoms with Crippen molar-refractivity contribution in [1.82, 2.24) is 5.32 Å². The van der Waals surface area contributed by atoms with Crippen LogP contribution in [0.5, 0.6) is 0 Å². The van der Waals surface area contributed by atoms with E-state index in [2.05, 4.69) is 10.6 Å². The number of carbonyl (C=O) groups is 2. The second-order valence-electron chi connectivity index (χ2n) is 5.99. The largest absolute Gasteiger partial charge is 0.385 e. The number of hydrogen-bond acceptors (Lipinski definition) is 5. The highest BCUT2D eigenvalue weighted by molar-refractivity contribution is 7.13. The van der Waals surface area contributed by atoms with Gasteiger partial charge in [0.2, 0.25) is 6.41 Å². The highest BCUT2D eigenvalue weighted by Crippen LogP contribution is 2.17. The van der Waals surface area contributed by atoms with Crippen LogP contribution in [0, 0.1) is 6.92 Å². The van der Waals surface area contributed by atoms with Gasteiger partial charge in [0.1, 0.15) is 0 Å². The molecule has 0 fully saturated rings. The normalized spacial score (nSPS) is 9.93. The Bertz CT molecular complexity index is 716. The topological polar surface area (TPSA) is 70.7 Å². The lowest BCUT2D eigenvalue weighted by Crippen LogP contribution is -2.25. The number of nitrogens with zero attached hydrogens (tertiary/aromatic N) is 1. The van der Waals surface area contributed by atoms with Gasteiger partial charge in [-0.2, -0.15) is 0 Å². The maximum absolute atomic E-state index is 12.0. The molecule has 7 heteroatoms. The number of rotatable bonds is 12. The van der Waals surface area contributed by atoms with Crippen molar-refractivity contribution in [3.8, 4) is 0 Å². The van der Waals surface area contributed by atoms with Crippen molar-refractivity contribution in [1.29, 1.82) is 0 Å². The lowest BCUT2D eigenvalue weighted by molar-refractivity contribution is -0.107. The van der Waals surface area contributed by atoms with Gasteiger partial charge in [-0.05, 0) is 56.7 Å². The van der Waals surface area contributed by atoms with E-state index in [1.165, 1.54) is 11.3 Å². The monoisotopic (exact) mass is 419 g/mol. The van der Waals surface area contributed by atoms with E-state index in [0.29, 0.717) is 26.3 Å². The molecule has 160 valence electrons. The van der Waals surface area contributed by atoms with Gasteiger partial charge in [-0.25, -0.2) is 0 Å². The van der Waals surface area contributed by atoms with Crippen molar-refractivity contribution in [2.75, 3.05) is 43.1 Å². The molecular formula is C22H33N3O3S. The van der Waals surface area contributed by atoms with Crippen LogP contribution in [-0.2, 0) is 9.53 Å². The number of amides is 2. The number of aryl methyl sites for hydroxylation is 1. The molecule has 0 spiro atoms. The zero-order chi connectivity index (χ0) is 21.5. The average Bonchev–Trinajstić information content (AvgIpc) is 3.19. The van der Waals surface area contributed by atoms with Gasteiger partial charge in [-0.15, -0.1) is 11.3 Å². The van der Waals surface area contributed by atoms with Crippen LogP contribution in [0.3, 0.4) is 0 Å². The summed E-state index contributed by atoms with van der Waals surface area (Å²) in [5.74, 6) is -0.0153. The Balaban J connectivity index is 0.00000204. The van der Waals surface area contributed by atoms with Gasteiger partial charge in [0.15, 0.2) is 0 Å². The molecular weight excluding hydrogens is 386 g/mol. The van der Waals surface area contributed by atoms with E-state index in [4.69, 9.17) is 4.74 Å². The number of benzene rings is 1. The van der Waals surface area contributed by atoms with Crippen LogP contribution in [0.25, 0.3) is 0 Å². The molecule has 0 aliphatic carbocycles. The molecule has 6 nitrogen and oxygen atoms in total. The Morgan fingerprint density at radius 1 is 1.14 bits per heavy atom. The standard InChI is InChI=1S/C20H27N3O3S.C2H6/c1-3-26-14-13-23(15-24)18-8-6-17(7-9-18)21-11-4-12-22-20(25)19-10-5-16(2)27-19;1-2/h5-10,15,21H,3-4,11-14H2,1-2H3,(H,22,25);1-2H3. The van der Waals surface area contributed by atoms with Crippen LogP contribution < -0.4 is 15.5 Å². The molecule has 0 radical (unpaired) electrons. The fourth-order valence-corrected chi connectivity index (χ4v) is 3.27. The Hall–Kier alpha value is -2.38. The summed E-state index contributed by atoms with van der Waals surface area (Å²) in [4.78, 5) is 26.7. The van der Waals surface area contributed by atoms with Crippen LogP contribution in [0.4, 0.5) is 11.4 Å². The number of carbonyl (C=O) groups excluding carboxylic acids is 2. The fourth-order valence-electron chi connectivity index (χ4n) is 2.49. The summed E-state index contributed by atoms with van der Waals surface area (Å²) in [6.07, 6.45) is 1.64. The molecule has 2 rings (SSSR count). The molecule has 2 aromatic rings. The fraction of sp³-hybridized carbons (Fsp3) is 0.455. The third kappa shape index (κ3) is 9.11. The van der Waals surface area contributed by atoms with Gasteiger partial charge in [0, 0.05) is 42.5 Å². The van der Waals surface area contributed by atoms with E-state index >= 15 is 0 Å². The Morgan fingerprint density at radius 2 is 1.86 bits per heavy atom. The molecule has 0 aliphatic rings. The maximum Gasteiger partial charge on any atom is 0.261 e. The second-order valence-corrected chi connectivity index (χ2v) is 7.28. The molecule has 0 unspecified atom stereocenters. The molecule has 0 atom stereocenters. The van der Waals surface area contributed by atoms with Crippen LogP contribution in [-0.4, -0.2) is 45.2 Å². The van der Waals surface area contributed by atoms with E-state index in [1.807, 2.05) is 64.1 Å². The lowest BCUT2D eigenvalue weighted by atomic mass is 10.2. The molecule has 1 aromatic carbocycles. The number of thiophene rings is 1. The first-order chi connectivity index (χ1) is 14.1. The summed E-state index contributed by atoms with van der Waals surface area (Å²) in [6, 6.07) is 11.5. The van der Waals surface area contributed by atoms with E-state index in [9.17, 15) is 9.59 Å². The number of ether oxygens (including phenoxy) is 1. The summed E-state index contributed by atoms with van der Waals surface area (Å²) >= 11 is 1.50. The maximum atomic E-state index is 12.0. The quantitative estimate of drug-likeness (QED) is 0.397. The van der Waals surface area contributed by atoms with E-state index in [1.54, 1.807) is 4.90 Å². The van der Waals surface area contributed by atoms with Crippen molar-refractivity contribution < 1.29 is 14.3 Å². The minimum absolute atomic E-state index is 0.0153. The van der Waals surface area contributed by atoms with Gasteiger partial charge in [0.05, 0.1) is 11.5 Å². The second kappa shape index (κ2) is 14.6. The van der Waals surface area contributed by atoms with Crippen molar-refractivity contribution in [2.24, 2.45) is 0 Å². The predicted molar refractivity (Wildman–Crippen MR) is 122 cm³/mol. The predicted octanol–water partition coefficient (Wildman–Crippen LogP) is 4.31. The summed E-state index contributed by atoms with van der Waals surface area (Å²) < 4.78 is 5.29. The number of anilines is 2. The number of hydrogen-bond donors (Lipinski definition) is 2. The molecule has 1 heterocycles. The molecule has 29 heavy (non-hydrogen) atoms. The first-order valence-corrected chi connectivity index (χ1v) is 10.9. The number of nitrogens with one attached hydrogen (secondary N) is 2. The third-order valence-corrected chi connectivity index (χ3v) is 4.94. The van der Waals surface area contributed by atoms with Crippen LogP contribution in [0.1, 0.15) is 41.7 Å². The van der Waals surface area contributed by atoms with Gasteiger partial charge in [0.25, 0.3) is 5.91 Å². The first kappa shape index (κ1) is 24.7. The zero-order valence-corrected chi connectivity index (χ0v) is 18.7. The van der Waals surface area contributed by atoms with Crippen molar-refractivity contribution in [3.63, 3.8) is 0 Å². The summed E-state index contributed by atoms with van der Waals surface area (Å²) in [5, 5.41) is 6.25. The Labute approximate surface area is 178 Å². The minimum atomic E-state index is -0.0153. The Kier molecular flexibility index (Phi) is 12.4.